The first-order valence-corrected chi connectivity index (χ1v) is 8.92. The van der Waals surface area contributed by atoms with Crippen LogP contribution in [0.2, 0.25) is 0 Å². The van der Waals surface area contributed by atoms with Crippen molar-refractivity contribution < 1.29 is 9.31 Å². The van der Waals surface area contributed by atoms with E-state index in [9.17, 15) is 14.5 Å². The Bertz CT molecular complexity index is 1010. The molecule has 1 aromatic heterocycles. The lowest BCUT2D eigenvalue weighted by Crippen LogP contribution is -2.08. The second kappa shape index (κ2) is 6.83. The van der Waals surface area contributed by atoms with Crippen molar-refractivity contribution in [2.75, 3.05) is 11.9 Å². The molecular formula is C20H19FN4O2. The number of rotatable bonds is 3. The lowest BCUT2D eigenvalue weighted by atomic mass is 10.0. The minimum absolute atomic E-state index is 0.0248. The van der Waals surface area contributed by atoms with E-state index in [1.165, 1.54) is 18.2 Å². The highest BCUT2D eigenvalue weighted by molar-refractivity contribution is 5.72. The second-order valence-corrected chi connectivity index (χ2v) is 6.71. The molecule has 1 N–H and O–H groups in total. The third-order valence-electron chi connectivity index (χ3n) is 4.88. The van der Waals surface area contributed by atoms with Crippen LogP contribution in [-0.4, -0.2) is 21.2 Å². The van der Waals surface area contributed by atoms with E-state index in [2.05, 4.69) is 5.32 Å². The van der Waals surface area contributed by atoms with Crippen molar-refractivity contribution in [1.82, 2.24) is 9.78 Å². The molecule has 0 saturated carbocycles. The van der Waals surface area contributed by atoms with E-state index < -0.39 is 4.92 Å². The van der Waals surface area contributed by atoms with Gasteiger partial charge in [0.05, 0.1) is 16.3 Å². The number of benzene rings is 2. The van der Waals surface area contributed by atoms with Crippen LogP contribution in [0.15, 0.2) is 42.5 Å². The van der Waals surface area contributed by atoms with Crippen molar-refractivity contribution in [2.24, 2.45) is 0 Å². The third-order valence-corrected chi connectivity index (χ3v) is 4.88. The molecule has 3 aromatic rings. The summed E-state index contributed by atoms with van der Waals surface area (Å²) in [5.74, 6) is 0.562. The average molecular weight is 366 g/mol. The van der Waals surface area contributed by atoms with Crippen molar-refractivity contribution in [1.29, 1.82) is 0 Å². The van der Waals surface area contributed by atoms with Gasteiger partial charge in [0, 0.05) is 29.8 Å². The van der Waals surface area contributed by atoms with Gasteiger partial charge in [0.2, 0.25) is 0 Å². The molecular weight excluding hydrogens is 347 g/mol. The summed E-state index contributed by atoms with van der Waals surface area (Å²) < 4.78 is 15.1. The van der Waals surface area contributed by atoms with Gasteiger partial charge in [-0.3, -0.25) is 10.1 Å². The van der Waals surface area contributed by atoms with E-state index in [0.717, 1.165) is 54.0 Å². The minimum Gasteiger partial charge on any atom is -0.370 e. The summed E-state index contributed by atoms with van der Waals surface area (Å²) in [6.07, 6.45) is 2.91. The van der Waals surface area contributed by atoms with Gasteiger partial charge >= 0.3 is 0 Å². The zero-order valence-electron chi connectivity index (χ0n) is 14.9. The monoisotopic (exact) mass is 366 g/mol. The molecule has 0 unspecified atom stereocenters. The Kier molecular flexibility index (Phi) is 4.35. The molecule has 6 nitrogen and oxygen atoms in total. The van der Waals surface area contributed by atoms with Crippen LogP contribution in [0.5, 0.6) is 0 Å². The Morgan fingerprint density at radius 2 is 1.96 bits per heavy atom. The SMILES string of the molecule is Cc1ccc([N+](=O)[O-])cc1-n1nc(-c2ccc(F)cc2)c2c1NCCCC2. The van der Waals surface area contributed by atoms with E-state index in [1.54, 1.807) is 28.9 Å². The third kappa shape index (κ3) is 3.16. The normalized spacial score (nSPS) is 13.6. The second-order valence-electron chi connectivity index (χ2n) is 6.71. The first-order chi connectivity index (χ1) is 13.0. The van der Waals surface area contributed by atoms with Gasteiger partial charge in [0.15, 0.2) is 0 Å². The van der Waals surface area contributed by atoms with Crippen LogP contribution in [0.3, 0.4) is 0 Å². The lowest BCUT2D eigenvalue weighted by molar-refractivity contribution is -0.384. The summed E-state index contributed by atoms with van der Waals surface area (Å²) in [7, 11) is 0. The van der Waals surface area contributed by atoms with Crippen LogP contribution in [0.25, 0.3) is 16.9 Å². The van der Waals surface area contributed by atoms with E-state index in [0.29, 0.717) is 5.69 Å². The topological polar surface area (TPSA) is 73.0 Å². The quantitative estimate of drug-likeness (QED) is 0.541. The smallest absolute Gasteiger partial charge is 0.271 e. The number of hydrogen-bond donors (Lipinski definition) is 1. The molecule has 0 bridgehead atoms. The number of nitrogens with one attached hydrogen (secondary N) is 1. The highest BCUT2D eigenvalue weighted by Crippen LogP contribution is 2.35. The van der Waals surface area contributed by atoms with Crippen LogP contribution in [0, 0.1) is 22.9 Å². The van der Waals surface area contributed by atoms with Crippen molar-refractivity contribution in [3.8, 4) is 16.9 Å². The predicted octanol–water partition coefficient (Wildman–Crippen LogP) is 4.64. The summed E-state index contributed by atoms with van der Waals surface area (Å²) in [4.78, 5) is 10.8. The van der Waals surface area contributed by atoms with Crippen LogP contribution >= 0.6 is 0 Å². The van der Waals surface area contributed by atoms with Gasteiger partial charge in [-0.15, -0.1) is 0 Å². The lowest BCUT2D eigenvalue weighted by Gasteiger charge is -2.11. The van der Waals surface area contributed by atoms with Crippen LogP contribution in [0.1, 0.15) is 24.0 Å². The number of aromatic nitrogens is 2. The maximum Gasteiger partial charge on any atom is 0.271 e. The molecule has 0 spiro atoms. The average Bonchev–Trinajstić information content (AvgIpc) is 2.84. The van der Waals surface area contributed by atoms with Crippen LogP contribution in [-0.2, 0) is 6.42 Å². The number of halogens is 1. The molecule has 2 aromatic carbocycles. The number of nitrogens with zero attached hydrogens (tertiary/aromatic N) is 3. The molecule has 1 aliphatic heterocycles. The van der Waals surface area contributed by atoms with E-state index in [1.807, 2.05) is 6.92 Å². The standard InChI is InChI=1S/C20H19FN4O2/c1-13-5-10-16(25(26)27)12-18(13)24-20-17(4-2-3-11-22-20)19(23-24)14-6-8-15(21)9-7-14/h5-10,12,22H,2-4,11H2,1H3. The fraction of sp³-hybridized carbons (Fsp3) is 0.250. The molecule has 0 aliphatic carbocycles. The molecule has 1 aliphatic rings. The number of nitro groups is 1. The Morgan fingerprint density at radius 3 is 2.70 bits per heavy atom. The van der Waals surface area contributed by atoms with Crippen molar-refractivity contribution in [3.63, 3.8) is 0 Å². The molecule has 27 heavy (non-hydrogen) atoms. The number of non-ortho nitro benzene ring substituents is 1. The number of aryl methyl sites for hydroxylation is 1. The highest BCUT2D eigenvalue weighted by atomic mass is 19.1. The Morgan fingerprint density at radius 1 is 1.19 bits per heavy atom. The zero-order valence-corrected chi connectivity index (χ0v) is 14.9. The maximum atomic E-state index is 13.3. The molecule has 0 fully saturated rings. The summed E-state index contributed by atoms with van der Waals surface area (Å²) in [6, 6.07) is 11.0. The summed E-state index contributed by atoms with van der Waals surface area (Å²) in [6.45, 7) is 2.72. The summed E-state index contributed by atoms with van der Waals surface area (Å²) in [5.41, 5.74) is 4.26. The highest BCUT2D eigenvalue weighted by Gasteiger charge is 2.23. The van der Waals surface area contributed by atoms with Gasteiger partial charge in [-0.05, 0) is 56.0 Å². The first-order valence-electron chi connectivity index (χ1n) is 8.92. The predicted molar refractivity (Wildman–Crippen MR) is 102 cm³/mol. The van der Waals surface area contributed by atoms with Gasteiger partial charge in [-0.25, -0.2) is 9.07 Å². The van der Waals surface area contributed by atoms with Gasteiger partial charge in [0.1, 0.15) is 11.6 Å². The molecule has 0 saturated heterocycles. The zero-order chi connectivity index (χ0) is 19.0. The van der Waals surface area contributed by atoms with Crippen LogP contribution in [0.4, 0.5) is 15.9 Å². The summed E-state index contributed by atoms with van der Waals surface area (Å²) in [5, 5.41) is 19.4. The molecule has 138 valence electrons. The Balaban J connectivity index is 1.93. The molecule has 0 atom stereocenters. The molecule has 4 rings (SSSR count). The first kappa shape index (κ1) is 17.2. The van der Waals surface area contributed by atoms with Gasteiger partial charge in [-0.1, -0.05) is 6.07 Å². The molecule has 0 radical (unpaired) electrons. The Labute approximate surface area is 155 Å². The number of hydrogen-bond acceptors (Lipinski definition) is 4. The van der Waals surface area contributed by atoms with Gasteiger partial charge < -0.3 is 5.32 Å². The molecule has 7 heteroatoms. The number of anilines is 1. The fourth-order valence-electron chi connectivity index (χ4n) is 3.46. The van der Waals surface area contributed by atoms with Crippen LogP contribution < -0.4 is 5.32 Å². The fourth-order valence-corrected chi connectivity index (χ4v) is 3.46. The van der Waals surface area contributed by atoms with E-state index in [4.69, 9.17) is 5.10 Å². The van der Waals surface area contributed by atoms with Gasteiger partial charge in [-0.2, -0.15) is 5.10 Å². The molecule has 0 amide bonds. The van der Waals surface area contributed by atoms with E-state index >= 15 is 0 Å². The summed E-state index contributed by atoms with van der Waals surface area (Å²) >= 11 is 0. The van der Waals surface area contributed by atoms with E-state index in [-0.39, 0.29) is 11.5 Å². The number of nitro benzene ring substituents is 1. The minimum atomic E-state index is -0.403. The van der Waals surface area contributed by atoms with Crippen molar-refractivity contribution in [3.05, 3.63) is 69.5 Å². The molecule has 2 heterocycles. The number of fused-ring (bicyclic) bond motifs is 1. The maximum absolute atomic E-state index is 13.3. The van der Waals surface area contributed by atoms with Crippen molar-refractivity contribution in [2.45, 2.75) is 26.2 Å². The van der Waals surface area contributed by atoms with Crippen molar-refractivity contribution >= 4 is 11.5 Å². The Hall–Kier alpha value is -3.22. The largest absolute Gasteiger partial charge is 0.370 e. The van der Waals surface area contributed by atoms with Gasteiger partial charge in [0.25, 0.3) is 5.69 Å².